The molecule has 7 rings (SSSR count). The summed E-state index contributed by atoms with van der Waals surface area (Å²) in [6.07, 6.45) is 0.803. The second-order valence-corrected chi connectivity index (χ2v) is 14.3. The predicted molar refractivity (Wildman–Crippen MR) is 138 cm³/mol. The number of likely N-dealkylation sites (tertiary alicyclic amines) is 1. The number of nitrogens with zero attached hydrogens (tertiary/aromatic N) is 3. The summed E-state index contributed by atoms with van der Waals surface area (Å²) >= 11 is 0. The van der Waals surface area contributed by atoms with Gasteiger partial charge in [0.05, 0.1) is 17.3 Å². The second kappa shape index (κ2) is 9.52. The molecule has 6 atom stereocenters. The molecule has 0 aromatic rings. The number of ether oxygens (including phenoxy) is 4. The van der Waals surface area contributed by atoms with E-state index in [4.69, 9.17) is 18.9 Å². The zero-order valence-electron chi connectivity index (χ0n) is 24.2. The van der Waals surface area contributed by atoms with Crippen molar-refractivity contribution in [2.24, 2.45) is 29.1 Å². The van der Waals surface area contributed by atoms with E-state index in [-0.39, 0.29) is 73.1 Å². The van der Waals surface area contributed by atoms with Crippen LogP contribution in [0.15, 0.2) is 0 Å². The first-order chi connectivity index (χ1) is 18.1. The number of hydrogen-bond donors (Lipinski definition) is 0. The number of fused-ring (bicyclic) bond motifs is 2. The highest BCUT2D eigenvalue weighted by Gasteiger charge is 2.60. The minimum absolute atomic E-state index is 0.0925. The summed E-state index contributed by atoms with van der Waals surface area (Å²) in [5.74, 6) is -1.08. The van der Waals surface area contributed by atoms with Crippen molar-refractivity contribution in [2.75, 3.05) is 46.4 Å². The zero-order valence-corrected chi connectivity index (χ0v) is 24.2. The van der Waals surface area contributed by atoms with Crippen LogP contribution in [0.3, 0.4) is 0 Å². The maximum absolute atomic E-state index is 13.0. The maximum atomic E-state index is 13.0. The third-order valence-electron chi connectivity index (χ3n) is 8.65. The lowest BCUT2D eigenvalue weighted by Crippen LogP contribution is -2.60. The average molecular weight is 550 g/mol. The highest BCUT2D eigenvalue weighted by atomic mass is 16.6. The van der Waals surface area contributed by atoms with E-state index in [2.05, 4.69) is 4.90 Å². The highest BCUT2D eigenvalue weighted by Crippen LogP contribution is 2.49. The lowest BCUT2D eigenvalue weighted by molar-refractivity contribution is -0.174. The first-order valence-electron chi connectivity index (χ1n) is 14.1. The Morgan fingerprint density at radius 3 is 1.44 bits per heavy atom. The summed E-state index contributed by atoms with van der Waals surface area (Å²) < 4.78 is 22.6. The average Bonchev–Trinajstić information content (AvgIpc) is 3.51. The number of carbonyl (C=O) groups is 4. The molecular weight excluding hydrogens is 506 g/mol. The Bertz CT molecular complexity index is 953. The Balaban J connectivity index is 1.11. The number of amides is 2. The number of rotatable bonds is 6. The van der Waals surface area contributed by atoms with Crippen molar-refractivity contribution in [3.05, 3.63) is 0 Å². The molecule has 5 saturated heterocycles. The molecule has 0 N–H and O–H groups in total. The van der Waals surface area contributed by atoms with Crippen LogP contribution in [0.2, 0.25) is 0 Å². The van der Waals surface area contributed by atoms with E-state index < -0.39 is 16.6 Å². The van der Waals surface area contributed by atoms with Gasteiger partial charge >= 0.3 is 24.1 Å². The normalized spacial score (nSPS) is 32.5. The first kappa shape index (κ1) is 28.0. The summed E-state index contributed by atoms with van der Waals surface area (Å²) in [6.45, 7) is 13.6. The van der Waals surface area contributed by atoms with Crippen molar-refractivity contribution in [3.63, 3.8) is 0 Å². The molecule has 0 spiro atoms. The van der Waals surface area contributed by atoms with Crippen LogP contribution in [0.4, 0.5) is 9.59 Å². The van der Waals surface area contributed by atoms with E-state index in [0.29, 0.717) is 26.2 Å². The number of esters is 2. The van der Waals surface area contributed by atoms with Gasteiger partial charge in [0.25, 0.3) is 0 Å². The van der Waals surface area contributed by atoms with Gasteiger partial charge in [0, 0.05) is 38.3 Å². The fourth-order valence-electron chi connectivity index (χ4n) is 6.96. The Hall–Kier alpha value is -2.56. The molecule has 11 nitrogen and oxygen atoms in total. The van der Waals surface area contributed by atoms with Crippen molar-refractivity contribution in [3.8, 4) is 0 Å². The molecule has 0 aromatic carbocycles. The molecule has 218 valence electrons. The van der Waals surface area contributed by atoms with Crippen LogP contribution in [0, 0.1) is 29.1 Å². The molecule has 0 aromatic heterocycles. The van der Waals surface area contributed by atoms with Gasteiger partial charge < -0.3 is 33.6 Å². The van der Waals surface area contributed by atoms with Crippen LogP contribution in [0.25, 0.3) is 0 Å². The van der Waals surface area contributed by atoms with Gasteiger partial charge in [0.2, 0.25) is 0 Å². The molecule has 2 saturated carbocycles. The van der Waals surface area contributed by atoms with Gasteiger partial charge in [-0.1, -0.05) is 0 Å². The van der Waals surface area contributed by atoms with Crippen molar-refractivity contribution in [2.45, 2.75) is 77.7 Å². The van der Waals surface area contributed by atoms with Crippen LogP contribution in [-0.2, 0) is 28.5 Å². The third kappa shape index (κ3) is 5.43. The van der Waals surface area contributed by atoms with E-state index in [9.17, 15) is 19.2 Å². The molecule has 4 bridgehead atoms. The number of hydrogen-bond acceptors (Lipinski definition) is 9. The summed E-state index contributed by atoms with van der Waals surface area (Å²) in [6, 6.07) is -0.366. The van der Waals surface area contributed by atoms with Crippen LogP contribution in [0.5, 0.6) is 0 Å². The summed E-state index contributed by atoms with van der Waals surface area (Å²) in [5, 5.41) is 0. The van der Waals surface area contributed by atoms with E-state index in [1.54, 1.807) is 9.80 Å². The van der Waals surface area contributed by atoms with Gasteiger partial charge in [-0.05, 0) is 73.3 Å². The topological polar surface area (TPSA) is 115 Å². The Labute approximate surface area is 230 Å². The highest BCUT2D eigenvalue weighted by molar-refractivity contribution is 5.80. The fourth-order valence-corrected chi connectivity index (χ4v) is 6.96. The van der Waals surface area contributed by atoms with Crippen LogP contribution < -0.4 is 0 Å². The third-order valence-corrected chi connectivity index (χ3v) is 8.65. The van der Waals surface area contributed by atoms with Gasteiger partial charge in [-0.15, -0.1) is 0 Å². The van der Waals surface area contributed by atoms with Gasteiger partial charge in [-0.25, -0.2) is 9.59 Å². The van der Waals surface area contributed by atoms with Crippen LogP contribution >= 0.6 is 0 Å². The molecule has 2 aliphatic carbocycles. The molecule has 6 unspecified atom stereocenters. The quantitative estimate of drug-likeness (QED) is 0.364. The Kier molecular flexibility index (Phi) is 6.83. The molecule has 7 fully saturated rings. The van der Waals surface area contributed by atoms with Crippen LogP contribution in [0.1, 0.15) is 54.4 Å². The molecule has 5 heterocycles. The van der Waals surface area contributed by atoms with Crippen molar-refractivity contribution in [1.82, 2.24) is 14.7 Å². The summed E-state index contributed by atoms with van der Waals surface area (Å²) in [7, 11) is 1.97. The molecule has 39 heavy (non-hydrogen) atoms. The SMILES string of the molecule is CN1CC(COC(=O)C2C3CC2N(C(=O)OC(C)(C)C)C3)(COC(=O)C2C3CC2N(C(=O)OC(C)(C)C)C3)C1. The molecule has 11 heteroatoms. The molecule has 7 aliphatic rings. The maximum Gasteiger partial charge on any atom is 0.410 e. The summed E-state index contributed by atoms with van der Waals surface area (Å²) in [4.78, 5) is 56.6. The minimum Gasteiger partial charge on any atom is -0.465 e. The van der Waals surface area contributed by atoms with Crippen LogP contribution in [-0.4, -0.2) is 109 Å². The van der Waals surface area contributed by atoms with Crippen molar-refractivity contribution < 1.29 is 38.1 Å². The van der Waals surface area contributed by atoms with E-state index in [0.717, 1.165) is 12.8 Å². The van der Waals surface area contributed by atoms with Gasteiger partial charge in [-0.2, -0.15) is 0 Å². The molecule has 5 aliphatic heterocycles. The fraction of sp³-hybridized carbons (Fsp3) is 0.857. The lowest BCUT2D eigenvalue weighted by atomic mass is 9.73. The zero-order chi connectivity index (χ0) is 28.5. The van der Waals surface area contributed by atoms with E-state index in [1.165, 1.54) is 0 Å². The van der Waals surface area contributed by atoms with Gasteiger partial charge in [-0.3, -0.25) is 9.59 Å². The monoisotopic (exact) mass is 549 g/mol. The van der Waals surface area contributed by atoms with E-state index >= 15 is 0 Å². The molecule has 0 radical (unpaired) electrons. The Morgan fingerprint density at radius 2 is 1.10 bits per heavy atom. The molecular formula is C28H43N3O8. The predicted octanol–water partition coefficient (Wildman–Crippen LogP) is 2.52. The van der Waals surface area contributed by atoms with E-state index in [1.807, 2.05) is 48.6 Å². The second-order valence-electron chi connectivity index (χ2n) is 14.3. The smallest absolute Gasteiger partial charge is 0.410 e. The minimum atomic E-state index is -0.590. The van der Waals surface area contributed by atoms with Crippen molar-refractivity contribution in [1.29, 1.82) is 0 Å². The van der Waals surface area contributed by atoms with Crippen molar-refractivity contribution >= 4 is 24.1 Å². The first-order valence-corrected chi connectivity index (χ1v) is 14.1. The standard InChI is InChI=1S/C28H43N3O8/c1-26(2,3)38-24(34)30-10-16-8-18(30)20(16)22(32)36-14-28(12-29(7)13-28)15-37-23(33)21-17-9-19(21)31(11-17)25(35)39-27(4,5)6/h16-21H,8-15H2,1-7H3. The largest absolute Gasteiger partial charge is 0.465 e. The van der Waals surface area contributed by atoms with Gasteiger partial charge in [0.15, 0.2) is 0 Å². The number of carbonyl (C=O) groups excluding carboxylic acids is 4. The van der Waals surface area contributed by atoms with Gasteiger partial charge in [0.1, 0.15) is 24.4 Å². The summed E-state index contributed by atoms with van der Waals surface area (Å²) in [5.41, 5.74) is -1.64. The Morgan fingerprint density at radius 1 is 0.718 bits per heavy atom. The molecule has 2 amide bonds. The lowest BCUT2D eigenvalue weighted by Gasteiger charge is -2.48.